The van der Waals surface area contributed by atoms with Gasteiger partial charge in [-0.1, -0.05) is 45.0 Å². The minimum atomic E-state index is -0.597. The fourth-order valence-corrected chi connectivity index (χ4v) is 3.85. The molecular weight excluding hydrogens is 264 g/mol. The number of rotatable bonds is 5. The van der Waals surface area contributed by atoms with Crippen molar-refractivity contribution in [2.75, 3.05) is 0 Å². The van der Waals surface area contributed by atoms with E-state index in [0.717, 1.165) is 19.3 Å². The third kappa shape index (κ3) is 3.67. The van der Waals surface area contributed by atoms with Crippen molar-refractivity contribution < 1.29 is 15.0 Å². The van der Waals surface area contributed by atoms with Crippen molar-refractivity contribution in [3.05, 3.63) is 0 Å². The summed E-state index contributed by atoms with van der Waals surface area (Å²) in [6, 6.07) is 0. The molecule has 0 heterocycles. The molecule has 0 amide bonds. The van der Waals surface area contributed by atoms with E-state index in [-0.39, 0.29) is 23.7 Å². The highest BCUT2D eigenvalue weighted by Crippen LogP contribution is 2.49. The summed E-state index contributed by atoms with van der Waals surface area (Å²) >= 11 is 0. The molecule has 21 heavy (non-hydrogen) atoms. The molecule has 2 N–H and O–H groups in total. The minimum Gasteiger partial charge on any atom is -0.392 e. The van der Waals surface area contributed by atoms with Crippen molar-refractivity contribution in [3.63, 3.8) is 0 Å². The van der Waals surface area contributed by atoms with Gasteiger partial charge in [-0.15, -0.1) is 0 Å². The lowest BCUT2D eigenvalue weighted by Crippen LogP contribution is -2.55. The fraction of sp³-hybridized carbons (Fsp3) is 0.833. The average molecular weight is 292 g/mol. The third-order valence-electron chi connectivity index (χ3n) is 5.21. The molecule has 0 spiro atoms. The number of fused-ring (bicyclic) bond motifs is 1. The quantitative estimate of drug-likeness (QED) is 0.605. The largest absolute Gasteiger partial charge is 0.392 e. The molecule has 118 valence electrons. The number of aliphatic hydroxyl groups excluding tert-OH is 2. The number of unbranched alkanes of at least 4 members (excludes halogenated alkanes) is 3. The van der Waals surface area contributed by atoms with Crippen LogP contribution in [0.2, 0.25) is 0 Å². The second-order valence-electron chi connectivity index (χ2n) is 6.70. The Morgan fingerprint density at radius 1 is 1.29 bits per heavy atom. The van der Waals surface area contributed by atoms with E-state index in [4.69, 9.17) is 0 Å². The van der Waals surface area contributed by atoms with E-state index in [0.29, 0.717) is 18.6 Å². The van der Waals surface area contributed by atoms with E-state index < -0.39 is 12.2 Å². The van der Waals surface area contributed by atoms with Gasteiger partial charge in [-0.3, -0.25) is 4.79 Å². The lowest BCUT2D eigenvalue weighted by molar-refractivity contribution is -0.151. The average Bonchev–Trinajstić information content (AvgIpc) is 2.49. The maximum Gasteiger partial charge on any atom is 0.139 e. The lowest BCUT2D eigenvalue weighted by Gasteiger charge is -2.49. The van der Waals surface area contributed by atoms with Crippen LogP contribution in [0.1, 0.15) is 58.8 Å². The molecule has 0 aliphatic heterocycles. The summed E-state index contributed by atoms with van der Waals surface area (Å²) in [5.41, 5.74) is 0. The lowest BCUT2D eigenvalue weighted by atomic mass is 9.53. The SMILES string of the molecule is CCCCCC[C@H](O)C#C[C@H]1[C@@H]2C(C)C(=O)[C@@H]2CC[C@@H]1O. The van der Waals surface area contributed by atoms with Crippen LogP contribution in [-0.4, -0.2) is 28.2 Å². The zero-order valence-electron chi connectivity index (χ0n) is 13.2. The molecule has 0 aromatic rings. The van der Waals surface area contributed by atoms with Crippen molar-refractivity contribution in [1.29, 1.82) is 0 Å². The molecule has 0 bridgehead atoms. The second kappa shape index (κ2) is 7.42. The van der Waals surface area contributed by atoms with Crippen molar-refractivity contribution in [3.8, 4) is 11.8 Å². The summed E-state index contributed by atoms with van der Waals surface area (Å²) in [6.45, 7) is 4.11. The molecule has 3 nitrogen and oxygen atoms in total. The predicted octanol–water partition coefficient (Wildman–Crippen LogP) is 2.54. The van der Waals surface area contributed by atoms with Crippen molar-refractivity contribution in [2.45, 2.75) is 71.0 Å². The van der Waals surface area contributed by atoms with Crippen LogP contribution in [0.15, 0.2) is 0 Å². The zero-order valence-corrected chi connectivity index (χ0v) is 13.2. The third-order valence-corrected chi connectivity index (χ3v) is 5.21. The summed E-state index contributed by atoms with van der Waals surface area (Å²) in [4.78, 5) is 11.8. The van der Waals surface area contributed by atoms with Crippen LogP contribution < -0.4 is 0 Å². The summed E-state index contributed by atoms with van der Waals surface area (Å²) in [7, 11) is 0. The van der Waals surface area contributed by atoms with Gasteiger partial charge in [-0.2, -0.15) is 0 Å². The molecule has 0 aromatic carbocycles. The standard InChI is InChI=1S/C18H28O3/c1-3-4-5-6-7-13(19)8-9-14-16(20)11-10-15-17(14)12(2)18(15)21/h12-17,19-20H,3-7,10-11H2,1-2H3/t12?,13-,14+,15+,16-,17-/m0/s1. The van der Waals surface area contributed by atoms with E-state index in [1.807, 2.05) is 6.92 Å². The summed E-state index contributed by atoms with van der Waals surface area (Å²) in [5, 5.41) is 20.1. The first kappa shape index (κ1) is 16.5. The van der Waals surface area contributed by atoms with Crippen LogP contribution in [0.4, 0.5) is 0 Å². The van der Waals surface area contributed by atoms with Crippen molar-refractivity contribution in [2.24, 2.45) is 23.7 Å². The van der Waals surface area contributed by atoms with Crippen molar-refractivity contribution >= 4 is 5.78 Å². The maximum atomic E-state index is 11.8. The van der Waals surface area contributed by atoms with Crippen LogP contribution in [0.5, 0.6) is 0 Å². The Hall–Kier alpha value is -0.850. The fourth-order valence-electron chi connectivity index (χ4n) is 3.85. The number of ketones is 1. The Labute approximate surface area is 128 Å². The normalized spacial score (nSPS) is 36.2. The Morgan fingerprint density at radius 3 is 2.76 bits per heavy atom. The van der Waals surface area contributed by atoms with Crippen LogP contribution in [-0.2, 0) is 4.79 Å². The number of carbonyl (C=O) groups is 1. The van der Waals surface area contributed by atoms with Crippen LogP contribution in [0.3, 0.4) is 0 Å². The van der Waals surface area contributed by atoms with Gasteiger partial charge in [-0.05, 0) is 31.6 Å². The van der Waals surface area contributed by atoms with E-state index in [1.54, 1.807) is 0 Å². The number of carbonyl (C=O) groups excluding carboxylic acids is 1. The maximum absolute atomic E-state index is 11.8. The number of hydrogen-bond donors (Lipinski definition) is 2. The van der Waals surface area contributed by atoms with Gasteiger partial charge < -0.3 is 10.2 Å². The van der Waals surface area contributed by atoms with Gasteiger partial charge in [0.15, 0.2) is 0 Å². The molecule has 3 heteroatoms. The number of hydrogen-bond acceptors (Lipinski definition) is 3. The second-order valence-corrected chi connectivity index (χ2v) is 6.70. The molecule has 0 aromatic heterocycles. The highest BCUT2D eigenvalue weighted by Gasteiger charge is 2.54. The van der Waals surface area contributed by atoms with E-state index in [9.17, 15) is 15.0 Å². The molecule has 2 rings (SSSR count). The van der Waals surface area contributed by atoms with Gasteiger partial charge in [-0.25, -0.2) is 0 Å². The summed E-state index contributed by atoms with van der Waals surface area (Å²) in [5.74, 6) is 6.52. The first-order valence-electron chi connectivity index (χ1n) is 8.47. The topological polar surface area (TPSA) is 57.5 Å². The molecule has 2 fully saturated rings. The molecule has 0 saturated heterocycles. The molecule has 2 aliphatic rings. The number of Topliss-reactive ketones (excluding diaryl/α,β-unsaturated/α-hetero) is 1. The Morgan fingerprint density at radius 2 is 2.05 bits per heavy atom. The van der Waals surface area contributed by atoms with Gasteiger partial charge in [0, 0.05) is 11.8 Å². The monoisotopic (exact) mass is 292 g/mol. The van der Waals surface area contributed by atoms with Crippen LogP contribution in [0.25, 0.3) is 0 Å². The summed E-state index contributed by atoms with van der Waals surface area (Å²) < 4.78 is 0. The molecule has 1 unspecified atom stereocenters. The first-order valence-corrected chi connectivity index (χ1v) is 8.47. The van der Waals surface area contributed by atoms with E-state index >= 15 is 0 Å². The van der Waals surface area contributed by atoms with Gasteiger partial charge in [0.2, 0.25) is 0 Å². The Balaban J connectivity index is 1.88. The molecule has 0 radical (unpaired) electrons. The van der Waals surface area contributed by atoms with Crippen LogP contribution >= 0.6 is 0 Å². The van der Waals surface area contributed by atoms with Gasteiger partial charge in [0.05, 0.1) is 12.0 Å². The van der Waals surface area contributed by atoms with Gasteiger partial charge >= 0.3 is 0 Å². The highest BCUT2D eigenvalue weighted by molar-refractivity contribution is 5.90. The Bertz CT molecular complexity index is 420. The molecule has 6 atom stereocenters. The zero-order chi connectivity index (χ0) is 15.4. The van der Waals surface area contributed by atoms with Gasteiger partial charge in [0.25, 0.3) is 0 Å². The number of aliphatic hydroxyl groups is 2. The minimum absolute atomic E-state index is 0.0194. The van der Waals surface area contributed by atoms with Crippen molar-refractivity contribution in [1.82, 2.24) is 0 Å². The van der Waals surface area contributed by atoms with Gasteiger partial charge in [0.1, 0.15) is 11.9 Å². The Kier molecular flexibility index (Phi) is 5.84. The smallest absolute Gasteiger partial charge is 0.139 e. The van der Waals surface area contributed by atoms with Crippen LogP contribution in [0, 0.1) is 35.5 Å². The highest BCUT2D eigenvalue weighted by atomic mass is 16.3. The molecular formula is C18H28O3. The van der Waals surface area contributed by atoms with E-state index in [1.165, 1.54) is 12.8 Å². The predicted molar refractivity (Wildman–Crippen MR) is 82.4 cm³/mol. The molecule has 2 aliphatic carbocycles. The molecule has 2 saturated carbocycles. The first-order chi connectivity index (χ1) is 10.1. The summed E-state index contributed by atoms with van der Waals surface area (Å²) in [6.07, 6.45) is 5.64. The van der Waals surface area contributed by atoms with E-state index in [2.05, 4.69) is 18.8 Å².